The number of hydrogen-bond acceptors (Lipinski definition) is 4. The Balaban J connectivity index is 1.12. The number of anilines is 3. The van der Waals surface area contributed by atoms with Gasteiger partial charge in [-0.1, -0.05) is 146 Å². The largest absolute Gasteiger partial charge is 0.455 e. The molecule has 0 saturated heterocycles. The summed E-state index contributed by atoms with van der Waals surface area (Å²) in [6.07, 6.45) is 0. The lowest BCUT2D eigenvalue weighted by atomic mass is 10.00. The molecule has 5 heteroatoms. The molecule has 0 unspecified atom stereocenters. The smallest absolute Gasteiger partial charge is 0.235 e. The van der Waals surface area contributed by atoms with Crippen molar-refractivity contribution >= 4 is 82.5 Å². The normalized spacial score (nSPS) is 11.7. The average molecular weight is 755 g/mol. The van der Waals surface area contributed by atoms with Crippen LogP contribution in [0.1, 0.15) is 0 Å². The van der Waals surface area contributed by atoms with E-state index in [2.05, 4.69) is 204 Å². The Morgan fingerprint density at radius 2 is 0.983 bits per heavy atom. The fourth-order valence-electron chi connectivity index (χ4n) is 8.93. The molecular formula is C54H34N4O. The molecule has 5 nitrogen and oxygen atoms in total. The van der Waals surface area contributed by atoms with Crippen molar-refractivity contribution < 1.29 is 4.42 Å². The van der Waals surface area contributed by atoms with Crippen LogP contribution in [0.25, 0.3) is 93.8 Å². The number of hydrogen-bond donors (Lipinski definition) is 0. The van der Waals surface area contributed by atoms with Gasteiger partial charge in [-0.15, -0.1) is 0 Å². The molecule has 59 heavy (non-hydrogen) atoms. The van der Waals surface area contributed by atoms with Crippen LogP contribution in [0.5, 0.6) is 0 Å². The van der Waals surface area contributed by atoms with Crippen LogP contribution in [-0.4, -0.2) is 14.5 Å². The van der Waals surface area contributed by atoms with E-state index in [-0.39, 0.29) is 0 Å². The fraction of sp³-hybridized carbons (Fsp3) is 0. The van der Waals surface area contributed by atoms with Crippen LogP contribution in [0.3, 0.4) is 0 Å². The molecule has 0 atom stereocenters. The lowest BCUT2D eigenvalue weighted by Crippen LogP contribution is -2.10. The van der Waals surface area contributed by atoms with Gasteiger partial charge >= 0.3 is 0 Å². The number of fused-ring (bicyclic) bond motifs is 10. The van der Waals surface area contributed by atoms with Crippen LogP contribution < -0.4 is 4.90 Å². The lowest BCUT2D eigenvalue weighted by Gasteiger charge is -2.27. The number of benzene rings is 9. The highest BCUT2D eigenvalue weighted by atomic mass is 16.3. The maximum absolute atomic E-state index is 7.13. The molecule has 0 bridgehead atoms. The van der Waals surface area contributed by atoms with Crippen LogP contribution in [0.2, 0.25) is 0 Å². The molecule has 0 amide bonds. The second-order valence-corrected chi connectivity index (χ2v) is 15.0. The summed E-state index contributed by atoms with van der Waals surface area (Å²) in [5, 5.41) is 7.41. The Kier molecular flexibility index (Phi) is 7.47. The molecule has 0 fully saturated rings. The van der Waals surface area contributed by atoms with E-state index >= 15 is 0 Å². The zero-order valence-corrected chi connectivity index (χ0v) is 31.8. The van der Waals surface area contributed by atoms with Crippen LogP contribution in [0.4, 0.5) is 17.1 Å². The van der Waals surface area contributed by atoms with Crippen molar-refractivity contribution in [3.05, 3.63) is 206 Å². The lowest BCUT2D eigenvalue weighted by molar-refractivity contribution is 0.676. The summed E-state index contributed by atoms with van der Waals surface area (Å²) in [7, 11) is 0. The number of para-hydroxylation sites is 4. The standard InChI is InChI=1S/C54H34N4O/c1-4-17-35(18-5-1)36-19-16-20-37(33-36)51-43-27-12-14-29-46(43)55-54(56-51)58-47-30-15-13-28-44(47)50-48(58)32-31-42-45-34-49(40-25-10-11-26-41(40)52(45)59-53(42)50)57(38-21-6-2-7-22-38)39-23-8-3-9-24-39/h1-34H. The van der Waals surface area contributed by atoms with Crippen LogP contribution >= 0.6 is 0 Å². The summed E-state index contributed by atoms with van der Waals surface area (Å²) in [6, 6.07) is 72.4. The van der Waals surface area contributed by atoms with E-state index in [0.29, 0.717) is 5.95 Å². The van der Waals surface area contributed by atoms with Crippen molar-refractivity contribution in [3.8, 4) is 28.3 Å². The second kappa shape index (κ2) is 13.3. The third kappa shape index (κ3) is 5.25. The van der Waals surface area contributed by atoms with Gasteiger partial charge in [0.1, 0.15) is 11.2 Å². The van der Waals surface area contributed by atoms with Gasteiger partial charge in [-0.25, -0.2) is 9.97 Å². The monoisotopic (exact) mass is 754 g/mol. The van der Waals surface area contributed by atoms with Gasteiger partial charge in [-0.2, -0.15) is 0 Å². The zero-order valence-electron chi connectivity index (χ0n) is 31.8. The third-order valence-corrected chi connectivity index (χ3v) is 11.6. The van der Waals surface area contributed by atoms with Crippen LogP contribution in [0.15, 0.2) is 211 Å². The first-order chi connectivity index (χ1) is 29.3. The van der Waals surface area contributed by atoms with Gasteiger partial charge < -0.3 is 9.32 Å². The van der Waals surface area contributed by atoms with Gasteiger partial charge in [0.15, 0.2) is 0 Å². The molecule has 3 heterocycles. The van der Waals surface area contributed by atoms with E-state index in [1.807, 2.05) is 12.1 Å². The van der Waals surface area contributed by atoms with E-state index in [1.54, 1.807) is 0 Å². The Labute approximate surface area is 339 Å². The van der Waals surface area contributed by atoms with E-state index < -0.39 is 0 Å². The average Bonchev–Trinajstić information content (AvgIpc) is 3.86. The summed E-state index contributed by atoms with van der Waals surface area (Å²) in [6.45, 7) is 0. The molecule has 12 rings (SSSR count). The van der Waals surface area contributed by atoms with Crippen molar-refractivity contribution in [2.75, 3.05) is 4.90 Å². The third-order valence-electron chi connectivity index (χ3n) is 11.6. The van der Waals surface area contributed by atoms with Crippen LogP contribution in [-0.2, 0) is 0 Å². The van der Waals surface area contributed by atoms with Gasteiger partial charge in [-0.3, -0.25) is 4.57 Å². The summed E-state index contributed by atoms with van der Waals surface area (Å²) in [5.74, 6) is 0.611. The number of aromatic nitrogens is 3. The van der Waals surface area contributed by atoms with Crippen LogP contribution in [0, 0.1) is 0 Å². The molecule has 0 aliphatic carbocycles. The van der Waals surface area contributed by atoms with Crippen molar-refractivity contribution in [2.24, 2.45) is 0 Å². The Morgan fingerprint density at radius 1 is 0.390 bits per heavy atom. The molecular weight excluding hydrogens is 721 g/mol. The predicted molar refractivity (Wildman–Crippen MR) is 244 cm³/mol. The Bertz CT molecular complexity index is 3520. The molecule has 0 aliphatic heterocycles. The Hall–Kier alpha value is -8.02. The molecule has 0 spiro atoms. The van der Waals surface area contributed by atoms with Crippen molar-refractivity contribution in [3.63, 3.8) is 0 Å². The number of nitrogens with zero attached hydrogens (tertiary/aromatic N) is 4. The maximum Gasteiger partial charge on any atom is 0.235 e. The highest BCUT2D eigenvalue weighted by Gasteiger charge is 2.24. The molecule has 0 aliphatic rings. The minimum atomic E-state index is 0.611. The van der Waals surface area contributed by atoms with Gasteiger partial charge in [0.2, 0.25) is 5.95 Å². The SMILES string of the molecule is c1ccc(-c2cccc(-c3nc(-n4c5ccccc5c5c6oc7c8ccccc8c(N(c8ccccc8)c8ccccc8)cc7c6ccc54)nc4ccccc34)c2)cc1. The summed E-state index contributed by atoms with van der Waals surface area (Å²) >= 11 is 0. The highest BCUT2D eigenvalue weighted by Crippen LogP contribution is 2.47. The molecule has 0 N–H and O–H groups in total. The predicted octanol–water partition coefficient (Wildman–Crippen LogP) is 14.6. The zero-order chi connectivity index (χ0) is 38.9. The maximum atomic E-state index is 7.13. The van der Waals surface area contributed by atoms with E-state index in [4.69, 9.17) is 14.4 Å². The first kappa shape index (κ1) is 33.2. The molecule has 0 saturated carbocycles. The molecule has 9 aromatic carbocycles. The topological polar surface area (TPSA) is 47.1 Å². The number of furan rings is 1. The second-order valence-electron chi connectivity index (χ2n) is 15.0. The summed E-state index contributed by atoms with van der Waals surface area (Å²) in [5.41, 5.74) is 12.1. The quantitative estimate of drug-likeness (QED) is 0.170. The molecule has 3 aromatic heterocycles. The van der Waals surface area contributed by atoms with Gasteiger partial charge in [0.05, 0.1) is 33.3 Å². The van der Waals surface area contributed by atoms with Gasteiger partial charge in [-0.05, 0) is 71.8 Å². The van der Waals surface area contributed by atoms with E-state index in [1.165, 1.54) is 0 Å². The number of rotatable bonds is 6. The van der Waals surface area contributed by atoms with Crippen molar-refractivity contribution in [1.82, 2.24) is 14.5 Å². The van der Waals surface area contributed by atoms with Gasteiger partial charge in [0.25, 0.3) is 0 Å². The molecule has 12 aromatic rings. The Morgan fingerprint density at radius 3 is 1.75 bits per heavy atom. The summed E-state index contributed by atoms with van der Waals surface area (Å²) in [4.78, 5) is 13.0. The van der Waals surface area contributed by atoms with Gasteiger partial charge in [0, 0.05) is 49.3 Å². The van der Waals surface area contributed by atoms with Crippen molar-refractivity contribution in [1.29, 1.82) is 0 Å². The summed E-state index contributed by atoms with van der Waals surface area (Å²) < 4.78 is 9.33. The highest BCUT2D eigenvalue weighted by molar-refractivity contribution is 6.27. The first-order valence-electron chi connectivity index (χ1n) is 19.9. The molecule has 276 valence electrons. The van der Waals surface area contributed by atoms with E-state index in [0.717, 1.165) is 105 Å². The van der Waals surface area contributed by atoms with Crippen molar-refractivity contribution in [2.45, 2.75) is 0 Å². The minimum absolute atomic E-state index is 0.611. The molecule has 0 radical (unpaired) electrons. The fourth-order valence-corrected chi connectivity index (χ4v) is 8.93. The van der Waals surface area contributed by atoms with E-state index in [9.17, 15) is 0 Å². The first-order valence-corrected chi connectivity index (χ1v) is 19.9. The minimum Gasteiger partial charge on any atom is -0.455 e.